The van der Waals surface area contributed by atoms with Gasteiger partial charge in [0.1, 0.15) is 24.5 Å². The summed E-state index contributed by atoms with van der Waals surface area (Å²) in [5.74, 6) is -5.63. The Morgan fingerprint density at radius 1 is 0.812 bits per heavy atom. The minimum absolute atomic E-state index is 0.0413. The fraction of sp³-hybridized carbons (Fsp3) is 0.595. The van der Waals surface area contributed by atoms with Gasteiger partial charge in [0.25, 0.3) is 5.79 Å². The molecule has 22 heteroatoms. The van der Waals surface area contributed by atoms with Crippen LogP contribution in [0.2, 0.25) is 0 Å². The van der Waals surface area contributed by atoms with Crippen LogP contribution in [-0.2, 0) is 71.9 Å². The van der Waals surface area contributed by atoms with Crippen LogP contribution < -0.4 is 16.4 Å². The van der Waals surface area contributed by atoms with E-state index in [2.05, 4.69) is 20.9 Å². The van der Waals surface area contributed by atoms with Gasteiger partial charge >= 0.3 is 5.97 Å². The van der Waals surface area contributed by atoms with E-state index in [0.717, 1.165) is 11.1 Å². The van der Waals surface area contributed by atoms with Gasteiger partial charge in [0, 0.05) is 19.5 Å². The molecule has 2 heterocycles. The lowest BCUT2D eigenvalue weighted by molar-refractivity contribution is -0.312. The van der Waals surface area contributed by atoms with Crippen LogP contribution in [0.3, 0.4) is 0 Å². The van der Waals surface area contributed by atoms with Crippen LogP contribution in [0.15, 0.2) is 60.8 Å². The molecular formula is C42H62N6O16. The smallest absolute Gasteiger partial charge is 0.364 e. The molecule has 2 aromatic carbocycles. The van der Waals surface area contributed by atoms with Crippen LogP contribution >= 0.6 is 0 Å². The van der Waals surface area contributed by atoms with Crippen molar-refractivity contribution in [3.05, 3.63) is 72.1 Å². The van der Waals surface area contributed by atoms with Gasteiger partial charge in [-0.05, 0) is 16.7 Å². The van der Waals surface area contributed by atoms with Crippen LogP contribution in [0.5, 0.6) is 0 Å². The fourth-order valence-electron chi connectivity index (χ4n) is 6.38. The van der Waals surface area contributed by atoms with E-state index in [1.54, 1.807) is 23.0 Å². The zero-order valence-corrected chi connectivity index (χ0v) is 35.7. The fourth-order valence-corrected chi connectivity index (χ4v) is 6.38. The molecule has 0 radical (unpaired) electrons. The van der Waals surface area contributed by atoms with Crippen LogP contribution in [0.25, 0.3) is 11.1 Å². The number of benzene rings is 2. The summed E-state index contributed by atoms with van der Waals surface area (Å²) in [5.41, 5.74) is 8.66. The van der Waals surface area contributed by atoms with Crippen molar-refractivity contribution in [1.29, 1.82) is 0 Å². The molecule has 0 aliphatic carbocycles. The van der Waals surface area contributed by atoms with E-state index in [-0.39, 0.29) is 39.5 Å². The Hall–Kier alpha value is -4.53. The molecule has 22 nitrogen and oxygen atoms in total. The zero-order chi connectivity index (χ0) is 46.0. The number of nitrogens with two attached hydrogens (primary N) is 1. The standard InChI is InChI=1S/C42H62N6O16/c43-10-12-57-14-16-59-18-19-60-20-21-62-29-33-27-48(47-46-33)11-13-58-15-17-61-22-23-63-42(41(55)56)25-34(50)38(45-37(53)28-49)40(64-42)39(54)35(51)26-44-36(52)24-30-6-8-32(9-7-30)31-4-2-1-3-5-31/h1-9,27,34-35,38-40,49-51,54H,10-26,28-29,43H2,(H,44,52)(H,45,53)(H,55,56)/t34-,35+,38+,39+,40+,42+/m0/s1. The van der Waals surface area contributed by atoms with Gasteiger partial charge in [-0.2, -0.15) is 0 Å². The maximum absolute atomic E-state index is 12.8. The number of carboxylic acid groups (broad SMARTS) is 1. The number of hydrogen-bond acceptors (Lipinski definition) is 18. The minimum atomic E-state index is -2.54. The minimum Gasteiger partial charge on any atom is -0.477 e. The molecule has 0 spiro atoms. The van der Waals surface area contributed by atoms with Gasteiger partial charge in [-0.1, -0.05) is 59.8 Å². The number of aromatic nitrogens is 3. The molecule has 1 aliphatic heterocycles. The lowest BCUT2D eigenvalue weighted by Crippen LogP contribution is -2.68. The molecule has 6 atom stereocenters. The summed E-state index contributed by atoms with van der Waals surface area (Å²) < 4.78 is 45.7. The molecule has 0 bridgehead atoms. The summed E-state index contributed by atoms with van der Waals surface area (Å²) in [7, 11) is 0. The normalized spacial score (nSPS) is 19.5. The summed E-state index contributed by atoms with van der Waals surface area (Å²) in [6, 6.07) is 15.5. The van der Waals surface area contributed by atoms with Crippen LogP contribution in [0.4, 0.5) is 0 Å². The van der Waals surface area contributed by atoms with Crippen molar-refractivity contribution in [1.82, 2.24) is 25.6 Å². The highest BCUT2D eigenvalue weighted by atomic mass is 16.7. The van der Waals surface area contributed by atoms with Crippen molar-refractivity contribution in [2.45, 2.75) is 62.2 Å². The number of aliphatic hydroxyl groups is 4. The molecule has 356 valence electrons. The number of nitrogens with one attached hydrogen (secondary N) is 2. The molecular weight excluding hydrogens is 844 g/mol. The zero-order valence-electron chi connectivity index (χ0n) is 35.7. The molecule has 3 aromatic rings. The van der Waals surface area contributed by atoms with E-state index in [4.69, 9.17) is 43.6 Å². The number of hydrogen-bond donors (Lipinski definition) is 8. The van der Waals surface area contributed by atoms with Crippen molar-refractivity contribution >= 4 is 17.8 Å². The highest BCUT2D eigenvalue weighted by Gasteiger charge is 2.55. The number of carbonyl (C=O) groups excluding carboxylic acids is 2. The van der Waals surface area contributed by atoms with Gasteiger partial charge in [-0.25, -0.2) is 9.48 Å². The number of amides is 2. The quantitative estimate of drug-likeness (QED) is 0.0307. The van der Waals surface area contributed by atoms with Crippen molar-refractivity contribution in [3.63, 3.8) is 0 Å². The summed E-state index contributed by atoms with van der Waals surface area (Å²) in [6.07, 6.45) is -6.18. The number of nitrogens with zero attached hydrogens (tertiary/aromatic N) is 3. The molecule has 1 saturated heterocycles. The third-order valence-electron chi connectivity index (χ3n) is 9.65. The number of rotatable bonds is 33. The monoisotopic (exact) mass is 906 g/mol. The second-order valence-corrected chi connectivity index (χ2v) is 14.5. The first-order valence-electron chi connectivity index (χ1n) is 21.0. The molecule has 1 fully saturated rings. The summed E-state index contributed by atoms with van der Waals surface area (Å²) >= 11 is 0. The Morgan fingerprint density at radius 2 is 1.41 bits per heavy atom. The predicted octanol–water partition coefficient (Wildman–Crippen LogP) is -1.99. The SMILES string of the molecule is NCCOCCOCCOCCOCc1cn(CCOCCOCCO[C@]2(C(=O)O)C[C@H](O)[C@@H](NC(=O)CO)[C@H]([C@H](O)[C@H](O)CNC(=O)Cc3ccc(-c4ccccc4)cc3)O2)nn1. The van der Waals surface area contributed by atoms with Gasteiger partial charge in [-0.15, -0.1) is 5.10 Å². The van der Waals surface area contributed by atoms with Crippen molar-refractivity contribution in [3.8, 4) is 11.1 Å². The average molecular weight is 907 g/mol. The molecule has 1 aliphatic rings. The van der Waals surface area contributed by atoms with Gasteiger partial charge < -0.3 is 79.8 Å². The van der Waals surface area contributed by atoms with E-state index in [0.29, 0.717) is 77.2 Å². The maximum atomic E-state index is 12.8. The first-order valence-corrected chi connectivity index (χ1v) is 21.0. The molecule has 0 saturated carbocycles. The van der Waals surface area contributed by atoms with Crippen molar-refractivity contribution in [2.75, 3.05) is 99.0 Å². The molecule has 64 heavy (non-hydrogen) atoms. The van der Waals surface area contributed by atoms with E-state index >= 15 is 0 Å². The van der Waals surface area contributed by atoms with Crippen LogP contribution in [-0.4, -0.2) is 194 Å². The summed E-state index contributed by atoms with van der Waals surface area (Å²) in [4.78, 5) is 37.5. The third-order valence-corrected chi connectivity index (χ3v) is 9.65. The molecule has 1 aromatic heterocycles. The van der Waals surface area contributed by atoms with Gasteiger partial charge in [0.2, 0.25) is 11.8 Å². The Bertz CT molecular complexity index is 1780. The van der Waals surface area contributed by atoms with E-state index in [1.807, 2.05) is 42.5 Å². The molecule has 9 N–H and O–H groups in total. The molecule has 0 unspecified atom stereocenters. The lowest BCUT2D eigenvalue weighted by atomic mass is 9.88. The van der Waals surface area contributed by atoms with E-state index in [1.165, 1.54) is 0 Å². The van der Waals surface area contributed by atoms with Crippen molar-refractivity contribution < 1.29 is 77.8 Å². The topological polar surface area (TPSA) is 307 Å². The highest BCUT2D eigenvalue weighted by Crippen LogP contribution is 2.33. The second-order valence-electron chi connectivity index (χ2n) is 14.5. The first-order chi connectivity index (χ1) is 31.0. The number of carbonyl (C=O) groups is 3. The Labute approximate surface area is 370 Å². The summed E-state index contributed by atoms with van der Waals surface area (Å²) in [5, 5.41) is 65.6. The number of ether oxygens (including phenoxy) is 8. The number of carboxylic acids is 1. The van der Waals surface area contributed by atoms with E-state index in [9.17, 15) is 39.9 Å². The largest absolute Gasteiger partial charge is 0.477 e. The van der Waals surface area contributed by atoms with Crippen LogP contribution in [0.1, 0.15) is 17.7 Å². The van der Waals surface area contributed by atoms with Crippen LogP contribution in [0, 0.1) is 0 Å². The number of aliphatic carboxylic acids is 1. The predicted molar refractivity (Wildman–Crippen MR) is 224 cm³/mol. The number of aliphatic hydroxyl groups excluding tert-OH is 4. The average Bonchev–Trinajstić information content (AvgIpc) is 3.76. The van der Waals surface area contributed by atoms with Crippen molar-refractivity contribution in [2.24, 2.45) is 5.73 Å². The maximum Gasteiger partial charge on any atom is 0.364 e. The first kappa shape index (κ1) is 52.1. The van der Waals surface area contributed by atoms with Gasteiger partial charge in [0.15, 0.2) is 0 Å². The summed E-state index contributed by atoms with van der Waals surface area (Å²) in [6.45, 7) is 2.97. The third kappa shape index (κ3) is 18.2. The van der Waals surface area contributed by atoms with Gasteiger partial charge in [0.05, 0.1) is 123 Å². The lowest BCUT2D eigenvalue weighted by Gasteiger charge is -2.46. The second kappa shape index (κ2) is 29.1. The molecule has 2 amide bonds. The Kier molecular flexibility index (Phi) is 23.7. The van der Waals surface area contributed by atoms with Gasteiger partial charge in [-0.3, -0.25) is 9.59 Å². The highest BCUT2D eigenvalue weighted by molar-refractivity contribution is 5.79. The Balaban J connectivity index is 1.14. The molecule has 4 rings (SSSR count). The van der Waals surface area contributed by atoms with E-state index < -0.39 is 73.6 Å². The Morgan fingerprint density at radius 3 is 2.03 bits per heavy atom.